The van der Waals surface area contributed by atoms with Crippen LogP contribution in [0.5, 0.6) is 0 Å². The fraction of sp³-hybridized carbons (Fsp3) is 0.133. The normalized spacial score (nSPS) is 21.2. The summed E-state index contributed by atoms with van der Waals surface area (Å²) in [6.45, 7) is 0.389. The Bertz CT molecular complexity index is 631. The number of hydrogen-bond acceptors (Lipinski definition) is 2. The highest BCUT2D eigenvalue weighted by Crippen LogP contribution is 2.42. The maximum absolute atomic E-state index is 12.5. The number of Topliss-reactive ketones (excluding diaryl/α,β-unsaturated/α-hetero) is 1. The van der Waals surface area contributed by atoms with Gasteiger partial charge in [0.2, 0.25) is 5.78 Å². The Balaban J connectivity index is 1.97. The summed E-state index contributed by atoms with van der Waals surface area (Å²) in [7, 11) is 0. The molecule has 1 unspecified atom stereocenters. The van der Waals surface area contributed by atoms with Crippen molar-refractivity contribution in [3.05, 3.63) is 69.7 Å². The minimum absolute atomic E-state index is 0.0719. The lowest BCUT2D eigenvalue weighted by Gasteiger charge is -2.11. The molecule has 0 aliphatic carbocycles. The van der Waals surface area contributed by atoms with Crippen molar-refractivity contribution < 1.29 is 9.53 Å². The Labute approximate surface area is 120 Å². The molecule has 0 bridgehead atoms. The SMILES string of the molecule is O=C(c1cccc(Cl)c1)C1(c2ccc(Cl)cc2)CO1. The lowest BCUT2D eigenvalue weighted by molar-refractivity contribution is 0.0871. The lowest BCUT2D eigenvalue weighted by atomic mass is 9.91. The number of halogens is 2. The van der Waals surface area contributed by atoms with E-state index in [1.165, 1.54) is 0 Å². The van der Waals surface area contributed by atoms with Crippen LogP contribution in [0, 0.1) is 0 Å². The van der Waals surface area contributed by atoms with E-state index >= 15 is 0 Å². The molecule has 1 atom stereocenters. The highest BCUT2D eigenvalue weighted by Gasteiger charge is 2.53. The second-order valence-electron chi connectivity index (χ2n) is 4.46. The zero-order chi connectivity index (χ0) is 13.5. The molecule has 1 aliphatic heterocycles. The first-order valence-electron chi connectivity index (χ1n) is 5.82. The van der Waals surface area contributed by atoms with Gasteiger partial charge in [0.1, 0.15) is 0 Å². The first-order chi connectivity index (χ1) is 9.12. The van der Waals surface area contributed by atoms with Gasteiger partial charge >= 0.3 is 0 Å². The standard InChI is InChI=1S/C15H10Cl2O2/c16-12-6-4-11(5-7-12)15(9-19-15)14(18)10-2-1-3-13(17)8-10/h1-8H,9H2. The molecule has 4 heteroatoms. The number of rotatable bonds is 3. The molecule has 3 rings (SSSR count). The van der Waals surface area contributed by atoms with Crippen LogP contribution in [-0.2, 0) is 10.3 Å². The van der Waals surface area contributed by atoms with E-state index in [0.717, 1.165) is 5.56 Å². The Morgan fingerprint density at radius 1 is 1.05 bits per heavy atom. The van der Waals surface area contributed by atoms with Gasteiger partial charge in [-0.25, -0.2) is 0 Å². The third-order valence-electron chi connectivity index (χ3n) is 3.20. The van der Waals surface area contributed by atoms with Gasteiger partial charge in [-0.15, -0.1) is 0 Å². The molecule has 0 spiro atoms. The van der Waals surface area contributed by atoms with Crippen molar-refractivity contribution in [2.24, 2.45) is 0 Å². The topological polar surface area (TPSA) is 29.6 Å². The van der Waals surface area contributed by atoms with E-state index < -0.39 is 5.60 Å². The third-order valence-corrected chi connectivity index (χ3v) is 3.68. The van der Waals surface area contributed by atoms with Gasteiger partial charge in [0.25, 0.3) is 0 Å². The largest absolute Gasteiger partial charge is 0.356 e. The van der Waals surface area contributed by atoms with Gasteiger partial charge in [-0.1, -0.05) is 47.5 Å². The van der Waals surface area contributed by atoms with Crippen LogP contribution in [0.3, 0.4) is 0 Å². The molecular weight excluding hydrogens is 283 g/mol. The second kappa shape index (κ2) is 4.64. The van der Waals surface area contributed by atoms with Crippen LogP contribution < -0.4 is 0 Å². The number of epoxide rings is 1. The second-order valence-corrected chi connectivity index (χ2v) is 5.33. The van der Waals surface area contributed by atoms with Gasteiger partial charge in [-0.3, -0.25) is 4.79 Å². The molecule has 19 heavy (non-hydrogen) atoms. The minimum Gasteiger partial charge on any atom is -0.356 e. The molecule has 1 fully saturated rings. The van der Waals surface area contributed by atoms with Crippen LogP contribution in [-0.4, -0.2) is 12.4 Å². The maximum atomic E-state index is 12.5. The van der Waals surface area contributed by atoms with Gasteiger partial charge in [-0.05, 0) is 29.8 Å². The van der Waals surface area contributed by atoms with Crippen LogP contribution in [0.4, 0.5) is 0 Å². The van der Waals surface area contributed by atoms with E-state index in [1.807, 2.05) is 12.1 Å². The summed E-state index contributed by atoms with van der Waals surface area (Å²) in [6, 6.07) is 14.0. The van der Waals surface area contributed by atoms with Crippen molar-refractivity contribution in [3.8, 4) is 0 Å². The predicted molar refractivity (Wildman–Crippen MR) is 74.9 cm³/mol. The van der Waals surface area contributed by atoms with Gasteiger partial charge < -0.3 is 4.74 Å². The number of benzene rings is 2. The number of carbonyl (C=O) groups excluding carboxylic acids is 1. The summed E-state index contributed by atoms with van der Waals surface area (Å²) in [4.78, 5) is 12.5. The molecule has 0 radical (unpaired) electrons. The predicted octanol–water partition coefficient (Wildman–Crippen LogP) is 4.10. The average molecular weight is 293 g/mol. The van der Waals surface area contributed by atoms with Gasteiger partial charge in [-0.2, -0.15) is 0 Å². The fourth-order valence-corrected chi connectivity index (χ4v) is 2.40. The Kier molecular flexibility index (Phi) is 3.09. The van der Waals surface area contributed by atoms with Crippen molar-refractivity contribution in [3.63, 3.8) is 0 Å². The molecule has 0 amide bonds. The monoisotopic (exact) mass is 292 g/mol. The smallest absolute Gasteiger partial charge is 0.201 e. The molecule has 1 saturated heterocycles. The van der Waals surface area contributed by atoms with Gasteiger partial charge in [0.05, 0.1) is 6.61 Å². The summed E-state index contributed by atoms with van der Waals surface area (Å²) in [5.41, 5.74) is 0.511. The van der Waals surface area contributed by atoms with Crippen LogP contribution in [0.25, 0.3) is 0 Å². The number of carbonyl (C=O) groups is 1. The molecule has 2 aromatic rings. The summed E-state index contributed by atoms with van der Waals surface area (Å²) < 4.78 is 5.44. The Hall–Kier alpha value is -1.35. The molecule has 0 saturated carbocycles. The van der Waals surface area contributed by atoms with Crippen molar-refractivity contribution in [1.29, 1.82) is 0 Å². The van der Waals surface area contributed by atoms with E-state index in [2.05, 4.69) is 0 Å². The molecule has 1 heterocycles. The summed E-state index contributed by atoms with van der Waals surface area (Å²) >= 11 is 11.8. The first kappa shape index (κ1) is 12.7. The van der Waals surface area contributed by atoms with Crippen LogP contribution in [0.2, 0.25) is 10.0 Å². The molecular formula is C15H10Cl2O2. The lowest BCUT2D eigenvalue weighted by Crippen LogP contribution is -2.22. The number of hydrogen-bond donors (Lipinski definition) is 0. The van der Waals surface area contributed by atoms with E-state index in [4.69, 9.17) is 27.9 Å². The highest BCUT2D eigenvalue weighted by molar-refractivity contribution is 6.31. The van der Waals surface area contributed by atoms with Crippen molar-refractivity contribution >= 4 is 29.0 Å². The molecule has 96 valence electrons. The highest BCUT2D eigenvalue weighted by atomic mass is 35.5. The van der Waals surface area contributed by atoms with Crippen LogP contribution in [0.1, 0.15) is 15.9 Å². The molecule has 2 nitrogen and oxygen atoms in total. The zero-order valence-electron chi connectivity index (χ0n) is 9.90. The van der Waals surface area contributed by atoms with Gasteiger partial charge in [0.15, 0.2) is 5.60 Å². The number of ether oxygens (including phenoxy) is 1. The minimum atomic E-state index is -0.866. The summed E-state index contributed by atoms with van der Waals surface area (Å²) in [6.07, 6.45) is 0. The number of ketones is 1. The third kappa shape index (κ3) is 2.27. The van der Waals surface area contributed by atoms with Crippen LogP contribution >= 0.6 is 23.2 Å². The molecule has 2 aromatic carbocycles. The maximum Gasteiger partial charge on any atom is 0.201 e. The Morgan fingerprint density at radius 2 is 1.74 bits per heavy atom. The van der Waals surface area contributed by atoms with E-state index in [9.17, 15) is 4.79 Å². The van der Waals surface area contributed by atoms with Crippen molar-refractivity contribution in [2.75, 3.05) is 6.61 Å². The molecule has 0 N–H and O–H groups in total. The summed E-state index contributed by atoms with van der Waals surface area (Å²) in [5, 5.41) is 1.17. The molecule has 0 aromatic heterocycles. The van der Waals surface area contributed by atoms with Crippen LogP contribution in [0.15, 0.2) is 48.5 Å². The Morgan fingerprint density at radius 3 is 2.32 bits per heavy atom. The first-order valence-corrected chi connectivity index (χ1v) is 6.58. The quantitative estimate of drug-likeness (QED) is 0.630. The van der Waals surface area contributed by atoms with E-state index in [0.29, 0.717) is 22.2 Å². The van der Waals surface area contributed by atoms with E-state index in [-0.39, 0.29) is 5.78 Å². The van der Waals surface area contributed by atoms with Crippen molar-refractivity contribution in [1.82, 2.24) is 0 Å². The van der Waals surface area contributed by atoms with Crippen molar-refractivity contribution in [2.45, 2.75) is 5.60 Å². The fourth-order valence-electron chi connectivity index (χ4n) is 2.08. The summed E-state index contributed by atoms with van der Waals surface area (Å²) in [5.74, 6) is -0.0719. The average Bonchev–Trinajstić information content (AvgIpc) is 3.20. The molecule has 1 aliphatic rings. The zero-order valence-corrected chi connectivity index (χ0v) is 11.4. The van der Waals surface area contributed by atoms with Gasteiger partial charge in [0, 0.05) is 15.6 Å². The van der Waals surface area contributed by atoms with E-state index in [1.54, 1.807) is 36.4 Å².